The highest BCUT2D eigenvalue weighted by atomic mass is 35.5. The normalized spacial score (nSPS) is 11.6. The van der Waals surface area contributed by atoms with Crippen LogP contribution in [0.15, 0.2) is 42.5 Å². The number of amides is 2. The summed E-state index contributed by atoms with van der Waals surface area (Å²) in [7, 11) is 0. The number of hydrogen-bond donors (Lipinski definition) is 2. The van der Waals surface area contributed by atoms with E-state index in [1.165, 1.54) is 12.1 Å². The van der Waals surface area contributed by atoms with Gasteiger partial charge in [0.05, 0.1) is 11.6 Å². The van der Waals surface area contributed by atoms with E-state index in [-0.39, 0.29) is 29.9 Å². The fraction of sp³-hybridized carbons (Fsp3) is 0.176. The Morgan fingerprint density at radius 1 is 1.12 bits per heavy atom. The van der Waals surface area contributed by atoms with Gasteiger partial charge in [-0.1, -0.05) is 35.3 Å². The highest BCUT2D eigenvalue weighted by Gasteiger charge is 2.14. The van der Waals surface area contributed by atoms with Crippen molar-refractivity contribution in [3.8, 4) is 5.75 Å². The smallest absolute Gasteiger partial charge is 0.258 e. The van der Waals surface area contributed by atoms with Crippen molar-refractivity contribution < 1.29 is 14.3 Å². The number of halogens is 2. The third-order valence-electron chi connectivity index (χ3n) is 3.31. The van der Waals surface area contributed by atoms with Gasteiger partial charge in [-0.15, -0.1) is 0 Å². The topological polar surface area (TPSA) is 81.4 Å². The molecule has 126 valence electrons. The highest BCUT2D eigenvalue weighted by molar-refractivity contribution is 6.31. The van der Waals surface area contributed by atoms with Crippen molar-refractivity contribution in [1.82, 2.24) is 5.32 Å². The fourth-order valence-electron chi connectivity index (χ4n) is 2.08. The number of carbonyl (C=O) groups excluding carboxylic acids is 2. The molecule has 24 heavy (non-hydrogen) atoms. The van der Waals surface area contributed by atoms with Crippen molar-refractivity contribution >= 4 is 35.0 Å². The maximum atomic E-state index is 12.0. The minimum absolute atomic E-state index is 0.126. The predicted octanol–water partition coefficient (Wildman–Crippen LogP) is 3.35. The minimum Gasteiger partial charge on any atom is -0.483 e. The lowest BCUT2D eigenvalue weighted by atomic mass is 10.1. The van der Waals surface area contributed by atoms with E-state index < -0.39 is 5.91 Å². The van der Waals surface area contributed by atoms with Crippen LogP contribution >= 0.6 is 23.2 Å². The van der Waals surface area contributed by atoms with Crippen LogP contribution in [0.1, 0.15) is 28.9 Å². The van der Waals surface area contributed by atoms with Crippen LogP contribution in [0.3, 0.4) is 0 Å². The molecule has 0 heterocycles. The van der Waals surface area contributed by atoms with Crippen LogP contribution in [0.5, 0.6) is 5.75 Å². The Bertz CT molecular complexity index is 748. The number of nitrogens with two attached hydrogens (primary N) is 1. The summed E-state index contributed by atoms with van der Waals surface area (Å²) in [4.78, 5) is 23.4. The molecule has 0 spiro atoms. The summed E-state index contributed by atoms with van der Waals surface area (Å²) in [5, 5.41) is 3.78. The lowest BCUT2D eigenvalue weighted by Crippen LogP contribution is -2.31. The number of hydrogen-bond acceptors (Lipinski definition) is 3. The standard InChI is InChI=1S/C17H16Cl2N2O3/c1-10(11-2-4-12(18)5-3-11)21-16(22)9-24-15-7-6-13(19)8-14(15)17(20)23/h2-8,10H,9H2,1H3,(H2,20,23)(H,21,22). The maximum absolute atomic E-state index is 12.0. The van der Waals surface area contributed by atoms with Crippen LogP contribution in [0.2, 0.25) is 10.0 Å². The molecule has 0 aromatic heterocycles. The number of carbonyl (C=O) groups is 2. The van der Waals surface area contributed by atoms with Crippen molar-refractivity contribution in [1.29, 1.82) is 0 Å². The van der Waals surface area contributed by atoms with E-state index in [1.807, 2.05) is 19.1 Å². The third kappa shape index (κ3) is 4.88. The number of rotatable bonds is 6. The van der Waals surface area contributed by atoms with Crippen LogP contribution in [0.4, 0.5) is 0 Å². The Hall–Kier alpha value is -2.24. The molecule has 2 aromatic carbocycles. The van der Waals surface area contributed by atoms with Gasteiger partial charge in [0, 0.05) is 10.0 Å². The van der Waals surface area contributed by atoms with Crippen molar-refractivity contribution in [2.24, 2.45) is 5.73 Å². The van der Waals surface area contributed by atoms with E-state index in [0.29, 0.717) is 10.0 Å². The van der Waals surface area contributed by atoms with Crippen molar-refractivity contribution in [2.75, 3.05) is 6.61 Å². The molecule has 7 heteroatoms. The summed E-state index contributed by atoms with van der Waals surface area (Å²) in [5.74, 6) is -0.800. The van der Waals surface area contributed by atoms with E-state index in [9.17, 15) is 9.59 Å². The Labute approximate surface area is 149 Å². The van der Waals surface area contributed by atoms with Gasteiger partial charge in [0.25, 0.3) is 11.8 Å². The number of benzene rings is 2. The van der Waals surface area contributed by atoms with Gasteiger partial charge < -0.3 is 15.8 Å². The van der Waals surface area contributed by atoms with Gasteiger partial charge in [0.15, 0.2) is 6.61 Å². The van der Waals surface area contributed by atoms with E-state index in [2.05, 4.69) is 5.32 Å². The van der Waals surface area contributed by atoms with E-state index in [1.54, 1.807) is 18.2 Å². The van der Waals surface area contributed by atoms with Crippen LogP contribution < -0.4 is 15.8 Å². The molecule has 3 N–H and O–H groups in total. The first-order valence-electron chi connectivity index (χ1n) is 7.14. The summed E-state index contributed by atoms with van der Waals surface area (Å²) in [5.41, 5.74) is 6.31. The lowest BCUT2D eigenvalue weighted by Gasteiger charge is -2.15. The zero-order valence-electron chi connectivity index (χ0n) is 12.9. The number of nitrogens with one attached hydrogen (secondary N) is 1. The monoisotopic (exact) mass is 366 g/mol. The van der Waals surface area contributed by atoms with E-state index in [4.69, 9.17) is 33.7 Å². The summed E-state index contributed by atoms with van der Waals surface area (Å²) in [6.45, 7) is 1.60. The van der Waals surface area contributed by atoms with Gasteiger partial charge in [-0.05, 0) is 42.8 Å². The summed E-state index contributed by atoms with van der Waals surface area (Å²) >= 11 is 11.7. The molecule has 0 radical (unpaired) electrons. The molecular formula is C17H16Cl2N2O3. The van der Waals surface area contributed by atoms with Gasteiger partial charge in [-0.2, -0.15) is 0 Å². The molecule has 0 bridgehead atoms. The first kappa shape index (κ1) is 18.1. The number of primary amides is 1. The van der Waals surface area contributed by atoms with Crippen LogP contribution in [0.25, 0.3) is 0 Å². The molecule has 1 unspecified atom stereocenters. The predicted molar refractivity (Wildman–Crippen MR) is 93.5 cm³/mol. The zero-order valence-corrected chi connectivity index (χ0v) is 14.4. The van der Waals surface area contributed by atoms with Gasteiger partial charge in [0.2, 0.25) is 0 Å². The molecule has 5 nitrogen and oxygen atoms in total. The molecule has 0 aliphatic heterocycles. The second-order valence-corrected chi connectivity index (χ2v) is 6.01. The SMILES string of the molecule is CC(NC(=O)COc1ccc(Cl)cc1C(N)=O)c1ccc(Cl)cc1. The summed E-state index contributed by atoms with van der Waals surface area (Å²) in [6.07, 6.45) is 0. The molecule has 2 aromatic rings. The maximum Gasteiger partial charge on any atom is 0.258 e. The van der Waals surface area contributed by atoms with Crippen LogP contribution in [0, 0.1) is 0 Å². The quantitative estimate of drug-likeness (QED) is 0.822. The highest BCUT2D eigenvalue weighted by Crippen LogP contribution is 2.22. The Balaban J connectivity index is 1.96. The Morgan fingerprint density at radius 3 is 2.38 bits per heavy atom. The molecular weight excluding hydrogens is 351 g/mol. The van der Waals surface area contributed by atoms with E-state index >= 15 is 0 Å². The van der Waals surface area contributed by atoms with Crippen molar-refractivity contribution in [2.45, 2.75) is 13.0 Å². The Morgan fingerprint density at radius 2 is 1.75 bits per heavy atom. The van der Waals surface area contributed by atoms with Crippen molar-refractivity contribution in [3.63, 3.8) is 0 Å². The van der Waals surface area contributed by atoms with Gasteiger partial charge in [-0.25, -0.2) is 0 Å². The summed E-state index contributed by atoms with van der Waals surface area (Å²) < 4.78 is 5.38. The van der Waals surface area contributed by atoms with Crippen LogP contribution in [-0.4, -0.2) is 18.4 Å². The first-order valence-corrected chi connectivity index (χ1v) is 7.89. The summed E-state index contributed by atoms with van der Waals surface area (Å²) in [6, 6.07) is 11.4. The zero-order chi connectivity index (χ0) is 17.7. The minimum atomic E-state index is -0.678. The van der Waals surface area contributed by atoms with Crippen LogP contribution in [-0.2, 0) is 4.79 Å². The first-order chi connectivity index (χ1) is 11.4. The molecule has 0 saturated carbocycles. The average molecular weight is 367 g/mol. The molecule has 0 saturated heterocycles. The van der Waals surface area contributed by atoms with Gasteiger partial charge in [0.1, 0.15) is 5.75 Å². The fourth-order valence-corrected chi connectivity index (χ4v) is 2.38. The second-order valence-electron chi connectivity index (χ2n) is 5.13. The molecule has 1 atom stereocenters. The van der Waals surface area contributed by atoms with E-state index in [0.717, 1.165) is 5.56 Å². The third-order valence-corrected chi connectivity index (χ3v) is 3.80. The molecule has 0 aliphatic carbocycles. The second kappa shape index (κ2) is 8.04. The van der Waals surface area contributed by atoms with Gasteiger partial charge >= 0.3 is 0 Å². The average Bonchev–Trinajstić information content (AvgIpc) is 2.54. The molecule has 0 aliphatic rings. The molecule has 0 fully saturated rings. The van der Waals surface area contributed by atoms with Gasteiger partial charge in [-0.3, -0.25) is 9.59 Å². The lowest BCUT2D eigenvalue weighted by molar-refractivity contribution is -0.123. The Kier molecular flexibility index (Phi) is 6.06. The number of ether oxygens (including phenoxy) is 1. The molecule has 2 rings (SSSR count). The van der Waals surface area contributed by atoms with Crippen molar-refractivity contribution in [3.05, 3.63) is 63.6 Å². The molecule has 2 amide bonds. The largest absolute Gasteiger partial charge is 0.483 e.